The lowest BCUT2D eigenvalue weighted by Crippen LogP contribution is -2.54. The number of urea groups is 1. The summed E-state index contributed by atoms with van der Waals surface area (Å²) < 4.78 is 44.0. The Morgan fingerprint density at radius 1 is 1.19 bits per heavy atom. The second kappa shape index (κ2) is 6.06. The van der Waals surface area contributed by atoms with E-state index >= 15 is 0 Å². The van der Waals surface area contributed by atoms with Gasteiger partial charge in [-0.15, -0.1) is 0 Å². The lowest BCUT2D eigenvalue weighted by Gasteiger charge is -2.43. The lowest BCUT2D eigenvalue weighted by atomic mass is 9.69. The van der Waals surface area contributed by atoms with Gasteiger partial charge in [0.1, 0.15) is 5.75 Å². The van der Waals surface area contributed by atoms with E-state index in [9.17, 15) is 18.0 Å². The summed E-state index contributed by atoms with van der Waals surface area (Å²) in [5.74, 6) is 2.02. The standard InChI is InChI=1S/C19H23F3N2O2/c1-26-16-8-14(19(20,21)22)7-15(9-16)23-17(25)24-18-3-2-11-4-12(10-18)6-13(18)5-11/h7-9,11-13H,2-6,10H2,1H3,(H2,23,24,25). The molecule has 0 saturated heterocycles. The van der Waals surface area contributed by atoms with Crippen molar-refractivity contribution in [2.45, 2.75) is 50.2 Å². The number of hydrogen-bond acceptors (Lipinski definition) is 2. The van der Waals surface area contributed by atoms with Crippen molar-refractivity contribution in [1.82, 2.24) is 5.32 Å². The number of hydrogen-bond donors (Lipinski definition) is 2. The zero-order chi connectivity index (χ0) is 18.5. The fourth-order valence-electron chi connectivity index (χ4n) is 5.42. The second-order valence-corrected chi connectivity index (χ2v) is 8.06. The minimum absolute atomic E-state index is 0.0607. The fourth-order valence-corrected chi connectivity index (χ4v) is 5.42. The van der Waals surface area contributed by atoms with Crippen LogP contribution in [-0.4, -0.2) is 18.7 Å². The molecule has 0 spiro atoms. The predicted molar refractivity (Wildman–Crippen MR) is 91.1 cm³/mol. The van der Waals surface area contributed by atoms with E-state index in [4.69, 9.17) is 4.74 Å². The number of rotatable bonds is 3. The summed E-state index contributed by atoms with van der Waals surface area (Å²) in [6, 6.07) is 2.82. The summed E-state index contributed by atoms with van der Waals surface area (Å²) in [5, 5.41) is 5.71. The molecule has 3 aliphatic carbocycles. The Bertz CT molecular complexity index is 721. The third-order valence-electron chi connectivity index (χ3n) is 6.43. The van der Waals surface area contributed by atoms with Crippen LogP contribution in [-0.2, 0) is 6.18 Å². The Balaban J connectivity index is 1.50. The van der Waals surface area contributed by atoms with Crippen molar-refractivity contribution < 1.29 is 22.7 Å². The summed E-state index contributed by atoms with van der Waals surface area (Å²) in [5.41, 5.74) is -0.948. The topological polar surface area (TPSA) is 50.4 Å². The molecule has 26 heavy (non-hydrogen) atoms. The molecule has 0 radical (unpaired) electrons. The molecule has 3 fully saturated rings. The van der Waals surface area contributed by atoms with Gasteiger partial charge in [-0.1, -0.05) is 0 Å². The molecule has 0 aliphatic heterocycles. The first kappa shape index (κ1) is 17.5. The Morgan fingerprint density at radius 2 is 1.96 bits per heavy atom. The number of carbonyl (C=O) groups excluding carboxylic acids is 1. The van der Waals surface area contributed by atoms with Gasteiger partial charge in [0.25, 0.3) is 0 Å². The van der Waals surface area contributed by atoms with Gasteiger partial charge < -0.3 is 15.4 Å². The second-order valence-electron chi connectivity index (χ2n) is 8.06. The highest BCUT2D eigenvalue weighted by Crippen LogP contribution is 2.57. The Kier molecular flexibility index (Phi) is 4.08. The van der Waals surface area contributed by atoms with Gasteiger partial charge in [-0.25, -0.2) is 4.79 Å². The number of benzene rings is 1. The molecular formula is C19H23F3N2O2. The average molecular weight is 368 g/mol. The highest BCUT2D eigenvalue weighted by molar-refractivity contribution is 5.90. The van der Waals surface area contributed by atoms with Crippen LogP contribution in [0.3, 0.4) is 0 Å². The van der Waals surface area contributed by atoms with Crippen LogP contribution < -0.4 is 15.4 Å². The average Bonchev–Trinajstić information content (AvgIpc) is 2.72. The smallest absolute Gasteiger partial charge is 0.416 e. The molecule has 2 amide bonds. The first-order valence-electron chi connectivity index (χ1n) is 9.13. The summed E-state index contributed by atoms with van der Waals surface area (Å²) in [6.07, 6.45) is 2.17. The highest BCUT2D eigenvalue weighted by Gasteiger charge is 2.54. The van der Waals surface area contributed by atoms with Crippen molar-refractivity contribution in [3.63, 3.8) is 0 Å². The Morgan fingerprint density at radius 3 is 2.69 bits per heavy atom. The maximum Gasteiger partial charge on any atom is 0.416 e. The molecule has 4 atom stereocenters. The number of alkyl halides is 3. The molecule has 0 heterocycles. The third-order valence-corrected chi connectivity index (χ3v) is 6.43. The Hall–Kier alpha value is -1.92. The zero-order valence-corrected chi connectivity index (χ0v) is 14.7. The van der Waals surface area contributed by atoms with E-state index in [0.29, 0.717) is 11.8 Å². The minimum Gasteiger partial charge on any atom is -0.497 e. The molecule has 142 valence electrons. The van der Waals surface area contributed by atoms with Crippen molar-refractivity contribution in [3.05, 3.63) is 23.8 Å². The molecule has 3 aliphatic rings. The van der Waals surface area contributed by atoms with E-state index in [-0.39, 0.29) is 17.0 Å². The van der Waals surface area contributed by atoms with E-state index in [1.54, 1.807) is 0 Å². The van der Waals surface area contributed by atoms with Gasteiger partial charge >= 0.3 is 12.2 Å². The molecule has 0 aromatic heterocycles. The van der Waals surface area contributed by atoms with Crippen molar-refractivity contribution in [1.29, 1.82) is 0 Å². The van der Waals surface area contributed by atoms with Crippen LogP contribution in [0.15, 0.2) is 18.2 Å². The number of halogens is 3. The molecule has 3 saturated carbocycles. The minimum atomic E-state index is -4.50. The van der Waals surface area contributed by atoms with Gasteiger partial charge in [0.15, 0.2) is 0 Å². The first-order chi connectivity index (χ1) is 12.3. The van der Waals surface area contributed by atoms with Crippen LogP contribution >= 0.6 is 0 Å². The number of anilines is 1. The number of ether oxygens (including phenoxy) is 1. The van der Waals surface area contributed by atoms with Crippen LogP contribution in [0.2, 0.25) is 0 Å². The summed E-state index contributed by atoms with van der Waals surface area (Å²) in [7, 11) is 1.30. The van der Waals surface area contributed by atoms with E-state index in [0.717, 1.165) is 50.2 Å². The molecule has 4 nitrogen and oxygen atoms in total. The molecular weight excluding hydrogens is 345 g/mol. The van der Waals surface area contributed by atoms with Gasteiger partial charge in [-0.3, -0.25) is 0 Å². The van der Waals surface area contributed by atoms with Gasteiger partial charge in [0.2, 0.25) is 0 Å². The maximum absolute atomic E-state index is 13.0. The quantitative estimate of drug-likeness (QED) is 0.805. The number of carbonyl (C=O) groups is 1. The first-order valence-corrected chi connectivity index (χ1v) is 9.13. The van der Waals surface area contributed by atoms with Crippen LogP contribution in [0.5, 0.6) is 5.75 Å². The normalized spacial score (nSPS) is 32.4. The van der Waals surface area contributed by atoms with Crippen molar-refractivity contribution in [3.8, 4) is 5.75 Å². The lowest BCUT2D eigenvalue weighted by molar-refractivity contribution is -0.137. The predicted octanol–water partition coefficient (Wildman–Crippen LogP) is 4.80. The van der Waals surface area contributed by atoms with E-state index in [1.807, 2.05) is 0 Å². The number of nitrogens with one attached hydrogen (secondary N) is 2. The highest BCUT2D eigenvalue weighted by atomic mass is 19.4. The SMILES string of the molecule is COc1cc(NC(=O)NC23CCC4CC(CC2C4)C3)cc(C(F)(F)F)c1. The van der Waals surface area contributed by atoms with Crippen molar-refractivity contribution in [2.24, 2.45) is 17.8 Å². The summed E-state index contributed by atoms with van der Waals surface area (Å²) in [4.78, 5) is 12.6. The zero-order valence-electron chi connectivity index (χ0n) is 14.7. The van der Waals surface area contributed by atoms with Gasteiger partial charge in [0.05, 0.1) is 12.7 Å². The van der Waals surface area contributed by atoms with E-state index < -0.39 is 17.8 Å². The van der Waals surface area contributed by atoms with Crippen LogP contribution in [0.4, 0.5) is 23.7 Å². The number of methoxy groups -OCH3 is 1. The van der Waals surface area contributed by atoms with Gasteiger partial charge in [0, 0.05) is 17.3 Å². The van der Waals surface area contributed by atoms with Crippen LogP contribution in [0, 0.1) is 17.8 Å². The monoisotopic (exact) mass is 368 g/mol. The van der Waals surface area contributed by atoms with E-state index in [1.165, 1.54) is 19.6 Å². The van der Waals surface area contributed by atoms with Gasteiger partial charge in [-0.2, -0.15) is 13.2 Å². The Labute approximate surface area is 150 Å². The van der Waals surface area contributed by atoms with Crippen LogP contribution in [0.25, 0.3) is 0 Å². The summed E-state index contributed by atoms with van der Waals surface area (Å²) in [6.45, 7) is 0. The molecule has 1 aromatic rings. The maximum atomic E-state index is 13.0. The van der Waals surface area contributed by atoms with Crippen LogP contribution in [0.1, 0.15) is 44.1 Å². The summed E-state index contributed by atoms with van der Waals surface area (Å²) >= 11 is 0. The molecule has 2 N–H and O–H groups in total. The fraction of sp³-hybridized carbons (Fsp3) is 0.632. The molecule has 4 rings (SSSR count). The molecule has 4 unspecified atom stereocenters. The van der Waals surface area contributed by atoms with Crippen molar-refractivity contribution >= 4 is 11.7 Å². The molecule has 7 heteroatoms. The number of fused-ring (bicyclic) bond motifs is 2. The largest absolute Gasteiger partial charge is 0.497 e. The number of amides is 2. The molecule has 3 bridgehead atoms. The van der Waals surface area contributed by atoms with Crippen molar-refractivity contribution in [2.75, 3.05) is 12.4 Å². The van der Waals surface area contributed by atoms with E-state index in [2.05, 4.69) is 10.6 Å². The third kappa shape index (κ3) is 3.12. The molecule has 1 aromatic carbocycles. The van der Waals surface area contributed by atoms with Gasteiger partial charge in [-0.05, 0) is 68.4 Å².